The first kappa shape index (κ1) is 17.2. The van der Waals surface area contributed by atoms with Gasteiger partial charge in [0.25, 0.3) is 0 Å². The fourth-order valence-corrected chi connectivity index (χ4v) is 2.05. The molecule has 0 aliphatic rings. The van der Waals surface area contributed by atoms with E-state index in [1.54, 1.807) is 0 Å². The maximum Gasteiger partial charge on any atom is 0.234 e. The topological polar surface area (TPSA) is 61.4 Å². The van der Waals surface area contributed by atoms with E-state index in [9.17, 15) is 9.59 Å². The van der Waals surface area contributed by atoms with Gasteiger partial charge in [0.2, 0.25) is 11.8 Å². The van der Waals surface area contributed by atoms with Gasteiger partial charge in [0.05, 0.1) is 19.1 Å². The molecule has 0 spiro atoms. The van der Waals surface area contributed by atoms with Gasteiger partial charge in [-0.2, -0.15) is 0 Å². The second-order valence-electron chi connectivity index (χ2n) is 4.96. The maximum absolute atomic E-state index is 12.1. The molecule has 1 rings (SSSR count). The van der Waals surface area contributed by atoms with Gasteiger partial charge < -0.3 is 10.6 Å². The van der Waals surface area contributed by atoms with Crippen molar-refractivity contribution in [1.82, 2.24) is 15.5 Å². The summed E-state index contributed by atoms with van der Waals surface area (Å²) in [5, 5.41) is 5.69. The molecule has 2 amide bonds. The molecule has 5 heteroatoms. The average Bonchev–Trinajstić information content (AvgIpc) is 2.47. The summed E-state index contributed by atoms with van der Waals surface area (Å²) in [6, 6.07) is 9.77. The number of hydrogen-bond acceptors (Lipinski definition) is 3. The summed E-state index contributed by atoms with van der Waals surface area (Å²) < 4.78 is 0. The minimum Gasteiger partial charge on any atom is -0.355 e. The van der Waals surface area contributed by atoms with E-state index in [2.05, 4.69) is 10.6 Å². The Balaban J connectivity index is 2.45. The quantitative estimate of drug-likeness (QED) is 0.759. The molecule has 0 radical (unpaired) electrons. The Morgan fingerprint density at radius 1 is 1.10 bits per heavy atom. The van der Waals surface area contributed by atoms with Crippen LogP contribution in [0.25, 0.3) is 0 Å². The van der Waals surface area contributed by atoms with Crippen molar-refractivity contribution in [2.24, 2.45) is 0 Å². The van der Waals surface area contributed by atoms with Crippen molar-refractivity contribution in [2.75, 3.05) is 26.2 Å². The number of carbonyl (C=O) groups excluding carboxylic acids is 2. The number of hydrogen-bond donors (Lipinski definition) is 2. The number of likely N-dealkylation sites (N-methyl/N-ethyl adjacent to an activating group) is 2. The van der Waals surface area contributed by atoms with Crippen molar-refractivity contribution in [3.63, 3.8) is 0 Å². The molecule has 1 atom stereocenters. The predicted octanol–water partition coefficient (Wildman–Crippen LogP) is 1.32. The van der Waals surface area contributed by atoms with E-state index in [0.29, 0.717) is 13.1 Å². The third kappa shape index (κ3) is 6.40. The normalized spacial score (nSPS) is 12.0. The Morgan fingerprint density at radius 2 is 1.71 bits per heavy atom. The molecular formula is C16H25N3O2. The number of benzene rings is 1. The molecule has 0 aliphatic carbocycles. The van der Waals surface area contributed by atoms with Crippen LogP contribution in [0, 0.1) is 0 Å². The van der Waals surface area contributed by atoms with Gasteiger partial charge in [0.1, 0.15) is 0 Å². The molecule has 2 N–H and O–H groups in total. The molecule has 1 aromatic carbocycles. The monoisotopic (exact) mass is 291 g/mol. The van der Waals surface area contributed by atoms with Crippen LogP contribution in [0.1, 0.15) is 32.4 Å². The van der Waals surface area contributed by atoms with Crippen molar-refractivity contribution >= 4 is 11.8 Å². The first-order valence-electron chi connectivity index (χ1n) is 7.40. The Bertz CT molecular complexity index is 448. The lowest BCUT2D eigenvalue weighted by atomic mass is 10.1. The zero-order chi connectivity index (χ0) is 15.7. The molecule has 0 aliphatic heterocycles. The third-order valence-electron chi connectivity index (χ3n) is 3.23. The second-order valence-corrected chi connectivity index (χ2v) is 4.96. The lowest BCUT2D eigenvalue weighted by Gasteiger charge is -2.21. The molecule has 21 heavy (non-hydrogen) atoms. The van der Waals surface area contributed by atoms with Crippen LogP contribution < -0.4 is 10.6 Å². The van der Waals surface area contributed by atoms with Gasteiger partial charge in [-0.25, -0.2) is 0 Å². The first-order chi connectivity index (χ1) is 10.1. The van der Waals surface area contributed by atoms with E-state index in [4.69, 9.17) is 0 Å². The predicted molar refractivity (Wildman–Crippen MR) is 83.8 cm³/mol. The van der Waals surface area contributed by atoms with Crippen molar-refractivity contribution in [1.29, 1.82) is 0 Å². The van der Waals surface area contributed by atoms with Crippen molar-refractivity contribution in [2.45, 2.75) is 26.8 Å². The van der Waals surface area contributed by atoms with E-state index in [-0.39, 0.29) is 30.9 Å². The molecule has 0 heterocycles. The lowest BCUT2D eigenvalue weighted by molar-refractivity contribution is -0.125. The number of carbonyl (C=O) groups is 2. The summed E-state index contributed by atoms with van der Waals surface area (Å²) in [7, 11) is 0. The maximum atomic E-state index is 12.1. The molecule has 0 saturated carbocycles. The van der Waals surface area contributed by atoms with Gasteiger partial charge in [0.15, 0.2) is 0 Å². The standard InChI is InChI=1S/C16H25N3O2/c1-4-17-15(20)11-19(5-2)12-16(21)18-13(3)14-9-7-6-8-10-14/h6-10,13H,4-5,11-12H2,1-3H3,(H,17,20)(H,18,21). The first-order valence-corrected chi connectivity index (χ1v) is 7.40. The Kier molecular flexibility index (Phi) is 7.46. The van der Waals surface area contributed by atoms with E-state index in [1.165, 1.54) is 0 Å². The largest absolute Gasteiger partial charge is 0.355 e. The third-order valence-corrected chi connectivity index (χ3v) is 3.23. The summed E-state index contributed by atoms with van der Waals surface area (Å²) in [5.74, 6) is -0.124. The van der Waals surface area contributed by atoms with Crippen molar-refractivity contribution in [3.05, 3.63) is 35.9 Å². The van der Waals surface area contributed by atoms with Crippen LogP contribution in [0.2, 0.25) is 0 Å². The highest BCUT2D eigenvalue weighted by Crippen LogP contribution is 2.10. The number of nitrogens with one attached hydrogen (secondary N) is 2. The SMILES string of the molecule is CCNC(=O)CN(CC)CC(=O)NC(C)c1ccccc1. The molecule has 0 bridgehead atoms. The fourth-order valence-electron chi connectivity index (χ4n) is 2.05. The van der Waals surface area contributed by atoms with E-state index < -0.39 is 0 Å². The fraction of sp³-hybridized carbons (Fsp3) is 0.500. The van der Waals surface area contributed by atoms with Crippen LogP contribution in [0.5, 0.6) is 0 Å². The van der Waals surface area contributed by atoms with Gasteiger partial charge in [-0.15, -0.1) is 0 Å². The molecule has 116 valence electrons. The average molecular weight is 291 g/mol. The Morgan fingerprint density at radius 3 is 2.29 bits per heavy atom. The summed E-state index contributed by atoms with van der Waals surface area (Å²) >= 11 is 0. The summed E-state index contributed by atoms with van der Waals surface area (Å²) in [6.45, 7) is 7.50. The molecule has 1 aromatic rings. The molecule has 0 fully saturated rings. The number of rotatable bonds is 8. The lowest BCUT2D eigenvalue weighted by Crippen LogP contribution is -2.43. The van der Waals surface area contributed by atoms with Crippen molar-refractivity contribution in [3.8, 4) is 0 Å². The highest BCUT2D eigenvalue weighted by molar-refractivity contribution is 5.81. The smallest absolute Gasteiger partial charge is 0.234 e. The van der Waals surface area contributed by atoms with Gasteiger partial charge in [0, 0.05) is 6.54 Å². The van der Waals surface area contributed by atoms with Gasteiger partial charge in [-0.3, -0.25) is 14.5 Å². The van der Waals surface area contributed by atoms with Crippen LogP contribution in [-0.4, -0.2) is 42.9 Å². The van der Waals surface area contributed by atoms with E-state index >= 15 is 0 Å². The zero-order valence-electron chi connectivity index (χ0n) is 13.1. The Labute approximate surface area is 126 Å². The second kappa shape index (κ2) is 9.13. The van der Waals surface area contributed by atoms with Crippen LogP contribution >= 0.6 is 0 Å². The van der Waals surface area contributed by atoms with Gasteiger partial charge in [-0.1, -0.05) is 37.3 Å². The van der Waals surface area contributed by atoms with Crippen LogP contribution in [-0.2, 0) is 9.59 Å². The number of nitrogens with zero attached hydrogens (tertiary/aromatic N) is 1. The van der Waals surface area contributed by atoms with Crippen LogP contribution in [0.3, 0.4) is 0 Å². The summed E-state index contributed by atoms with van der Waals surface area (Å²) in [6.07, 6.45) is 0. The summed E-state index contributed by atoms with van der Waals surface area (Å²) in [4.78, 5) is 25.4. The minimum absolute atomic E-state index is 0.0399. The highest BCUT2D eigenvalue weighted by Gasteiger charge is 2.14. The van der Waals surface area contributed by atoms with Gasteiger partial charge >= 0.3 is 0 Å². The molecule has 1 unspecified atom stereocenters. The zero-order valence-corrected chi connectivity index (χ0v) is 13.1. The Hall–Kier alpha value is -1.88. The van der Waals surface area contributed by atoms with E-state index in [0.717, 1.165) is 5.56 Å². The summed E-state index contributed by atoms with van der Waals surface area (Å²) in [5.41, 5.74) is 1.07. The molecule has 5 nitrogen and oxygen atoms in total. The molecule has 0 saturated heterocycles. The highest BCUT2D eigenvalue weighted by atomic mass is 16.2. The van der Waals surface area contributed by atoms with Crippen molar-refractivity contribution < 1.29 is 9.59 Å². The van der Waals surface area contributed by atoms with E-state index in [1.807, 2.05) is 56.0 Å². The number of amides is 2. The molecular weight excluding hydrogens is 266 g/mol. The van der Waals surface area contributed by atoms with Crippen LogP contribution in [0.15, 0.2) is 30.3 Å². The van der Waals surface area contributed by atoms with Gasteiger partial charge in [-0.05, 0) is 26.0 Å². The minimum atomic E-state index is -0.0718. The van der Waals surface area contributed by atoms with Crippen LogP contribution in [0.4, 0.5) is 0 Å². The molecule has 0 aromatic heterocycles.